The van der Waals surface area contributed by atoms with Gasteiger partial charge in [-0.1, -0.05) is 11.6 Å². The number of aliphatic carboxylic acids is 1. The number of hydrogen-bond donors (Lipinski definition) is 1. The van der Waals surface area contributed by atoms with Gasteiger partial charge < -0.3 is 9.67 Å². The van der Waals surface area contributed by atoms with Gasteiger partial charge >= 0.3 is 12.1 Å². The normalized spacial score (nSPS) is 12.9. The maximum absolute atomic E-state index is 13.1. The average molecular weight is 346 g/mol. The van der Waals surface area contributed by atoms with Crippen LogP contribution in [0.2, 0.25) is 5.02 Å². The van der Waals surface area contributed by atoms with E-state index in [2.05, 4.69) is 0 Å². The van der Waals surface area contributed by atoms with Crippen LogP contribution in [0.4, 0.5) is 13.2 Å². The van der Waals surface area contributed by atoms with Crippen molar-refractivity contribution >= 4 is 17.6 Å². The predicted octanol–water partition coefficient (Wildman–Crippen LogP) is 3.83. The number of pyridine rings is 1. The molecule has 0 spiro atoms. The second-order valence-corrected chi connectivity index (χ2v) is 5.30. The zero-order valence-electron chi connectivity index (χ0n) is 11.8. The minimum atomic E-state index is -4.61. The molecule has 8 heteroatoms. The Bertz CT molecular complexity index is 814. The molecular weight excluding hydrogens is 335 g/mol. The molecule has 0 aliphatic carbocycles. The first-order chi connectivity index (χ1) is 10.6. The fraction of sp³-hybridized carbons (Fsp3) is 0.200. The third-order valence-corrected chi connectivity index (χ3v) is 3.56. The number of hydrogen-bond acceptors (Lipinski definition) is 2. The molecule has 0 bridgehead atoms. The van der Waals surface area contributed by atoms with E-state index in [-0.39, 0.29) is 16.1 Å². The summed E-state index contributed by atoms with van der Waals surface area (Å²) in [4.78, 5) is 22.9. The van der Waals surface area contributed by atoms with Gasteiger partial charge in [-0.3, -0.25) is 4.79 Å². The first kappa shape index (κ1) is 17.1. The number of nitrogens with zero attached hydrogens (tertiary/aromatic N) is 1. The number of rotatable bonds is 3. The van der Waals surface area contributed by atoms with Gasteiger partial charge in [0.1, 0.15) is 6.04 Å². The van der Waals surface area contributed by atoms with E-state index in [1.165, 1.54) is 13.0 Å². The summed E-state index contributed by atoms with van der Waals surface area (Å²) in [6, 6.07) is 4.15. The molecule has 2 rings (SSSR count). The Kier molecular flexibility index (Phi) is 4.51. The van der Waals surface area contributed by atoms with Crippen LogP contribution in [0.25, 0.3) is 11.1 Å². The summed E-state index contributed by atoms with van der Waals surface area (Å²) >= 11 is 5.75. The second kappa shape index (κ2) is 6.08. The number of carbonyl (C=O) groups is 1. The smallest absolute Gasteiger partial charge is 0.417 e. The van der Waals surface area contributed by atoms with Crippen molar-refractivity contribution in [2.75, 3.05) is 0 Å². The lowest BCUT2D eigenvalue weighted by molar-refractivity contribution is -0.140. The van der Waals surface area contributed by atoms with Crippen LogP contribution in [0.1, 0.15) is 18.5 Å². The molecule has 1 unspecified atom stereocenters. The molecule has 1 heterocycles. The summed E-state index contributed by atoms with van der Waals surface area (Å²) in [5.74, 6) is -1.22. The number of carboxylic acid groups (broad SMARTS) is 1. The summed E-state index contributed by atoms with van der Waals surface area (Å²) < 4.78 is 40.1. The van der Waals surface area contributed by atoms with E-state index in [4.69, 9.17) is 16.7 Å². The van der Waals surface area contributed by atoms with Gasteiger partial charge in [0.25, 0.3) is 5.56 Å². The molecule has 0 saturated carbocycles. The molecule has 122 valence electrons. The standard InChI is InChI=1S/C15H11ClF3NO3/c1-8(14(22)23)20-5-4-9(6-13(20)21)11-7-10(16)2-3-12(11)15(17,18)19/h2-8H,1H3,(H,22,23). The summed E-state index contributed by atoms with van der Waals surface area (Å²) in [6.07, 6.45) is -3.46. The van der Waals surface area contributed by atoms with E-state index >= 15 is 0 Å². The molecule has 1 N–H and O–H groups in total. The zero-order valence-corrected chi connectivity index (χ0v) is 12.5. The van der Waals surface area contributed by atoms with Gasteiger partial charge in [-0.2, -0.15) is 13.2 Å². The number of benzene rings is 1. The third-order valence-electron chi connectivity index (χ3n) is 3.32. The Balaban J connectivity index is 2.61. The Hall–Kier alpha value is -2.28. The highest BCUT2D eigenvalue weighted by Crippen LogP contribution is 2.38. The second-order valence-electron chi connectivity index (χ2n) is 4.86. The van der Waals surface area contributed by atoms with E-state index in [9.17, 15) is 22.8 Å². The van der Waals surface area contributed by atoms with Gasteiger partial charge in [-0.05, 0) is 42.3 Å². The van der Waals surface area contributed by atoms with E-state index in [1.54, 1.807) is 0 Å². The van der Waals surface area contributed by atoms with Gasteiger partial charge in [-0.25, -0.2) is 4.79 Å². The summed E-state index contributed by atoms with van der Waals surface area (Å²) in [5, 5.41) is 9.00. The van der Waals surface area contributed by atoms with Crippen LogP contribution in [0.3, 0.4) is 0 Å². The molecule has 0 radical (unpaired) electrons. The largest absolute Gasteiger partial charge is 0.480 e. The Morgan fingerprint density at radius 2 is 1.91 bits per heavy atom. The van der Waals surface area contributed by atoms with E-state index in [0.29, 0.717) is 0 Å². The molecule has 0 aliphatic heterocycles. The van der Waals surface area contributed by atoms with Crippen LogP contribution < -0.4 is 5.56 Å². The highest BCUT2D eigenvalue weighted by molar-refractivity contribution is 6.30. The van der Waals surface area contributed by atoms with Gasteiger partial charge in [0, 0.05) is 17.3 Å². The SMILES string of the molecule is CC(C(=O)O)n1ccc(-c2cc(Cl)ccc2C(F)(F)F)cc1=O. The molecule has 1 aromatic heterocycles. The van der Waals surface area contributed by atoms with Crippen LogP contribution in [0.15, 0.2) is 41.3 Å². The molecule has 4 nitrogen and oxygen atoms in total. The van der Waals surface area contributed by atoms with Crippen molar-refractivity contribution in [3.8, 4) is 11.1 Å². The topological polar surface area (TPSA) is 59.3 Å². The molecule has 1 atom stereocenters. The van der Waals surface area contributed by atoms with E-state index < -0.39 is 29.3 Å². The quantitative estimate of drug-likeness (QED) is 0.919. The summed E-state index contributed by atoms with van der Waals surface area (Å²) in [6.45, 7) is 1.30. The highest BCUT2D eigenvalue weighted by Gasteiger charge is 2.33. The van der Waals surface area contributed by atoms with Crippen molar-refractivity contribution in [1.82, 2.24) is 4.57 Å². The van der Waals surface area contributed by atoms with Crippen LogP contribution in [-0.4, -0.2) is 15.6 Å². The van der Waals surface area contributed by atoms with Crippen molar-refractivity contribution in [3.05, 3.63) is 57.5 Å². The lowest BCUT2D eigenvalue weighted by atomic mass is 10.00. The maximum Gasteiger partial charge on any atom is 0.417 e. The Labute approximate surface area is 133 Å². The van der Waals surface area contributed by atoms with Gasteiger partial charge in [-0.15, -0.1) is 0 Å². The lowest BCUT2D eigenvalue weighted by Crippen LogP contribution is -2.27. The molecule has 0 aliphatic rings. The molecule has 2 aromatic rings. The first-order valence-corrected chi connectivity index (χ1v) is 6.81. The summed E-state index contributed by atoms with van der Waals surface area (Å²) in [7, 11) is 0. The van der Waals surface area contributed by atoms with Crippen molar-refractivity contribution in [2.24, 2.45) is 0 Å². The lowest BCUT2D eigenvalue weighted by Gasteiger charge is -2.15. The number of carboxylic acids is 1. The van der Waals surface area contributed by atoms with Crippen LogP contribution in [-0.2, 0) is 11.0 Å². The number of halogens is 4. The van der Waals surface area contributed by atoms with Gasteiger partial charge in [0.15, 0.2) is 0 Å². The van der Waals surface area contributed by atoms with E-state index in [0.717, 1.165) is 35.0 Å². The Morgan fingerprint density at radius 1 is 1.26 bits per heavy atom. The molecule has 0 saturated heterocycles. The summed E-state index contributed by atoms with van der Waals surface area (Å²) in [5.41, 5.74) is -1.87. The molecule has 23 heavy (non-hydrogen) atoms. The minimum Gasteiger partial charge on any atom is -0.480 e. The van der Waals surface area contributed by atoms with Crippen molar-refractivity contribution in [3.63, 3.8) is 0 Å². The van der Waals surface area contributed by atoms with Gasteiger partial charge in [0.2, 0.25) is 0 Å². The predicted molar refractivity (Wildman–Crippen MR) is 78.5 cm³/mol. The maximum atomic E-state index is 13.1. The number of aromatic nitrogens is 1. The van der Waals surface area contributed by atoms with Crippen molar-refractivity contribution in [1.29, 1.82) is 0 Å². The molecular formula is C15H11ClF3NO3. The molecule has 0 amide bonds. The average Bonchev–Trinajstić information content (AvgIpc) is 2.45. The van der Waals surface area contributed by atoms with Gasteiger partial charge in [0.05, 0.1) is 5.56 Å². The first-order valence-electron chi connectivity index (χ1n) is 6.43. The highest BCUT2D eigenvalue weighted by atomic mass is 35.5. The fourth-order valence-corrected chi connectivity index (χ4v) is 2.27. The van der Waals surface area contributed by atoms with Crippen LogP contribution in [0.5, 0.6) is 0 Å². The van der Waals surface area contributed by atoms with Crippen molar-refractivity contribution < 1.29 is 23.1 Å². The molecule has 1 aromatic carbocycles. The molecule has 0 fully saturated rings. The van der Waals surface area contributed by atoms with Crippen molar-refractivity contribution in [2.45, 2.75) is 19.1 Å². The minimum absolute atomic E-state index is 0.0127. The zero-order chi connectivity index (χ0) is 17.4. The number of alkyl halides is 3. The van der Waals surface area contributed by atoms with Crippen LogP contribution in [0, 0.1) is 0 Å². The monoisotopic (exact) mass is 345 g/mol. The van der Waals surface area contributed by atoms with Crippen LogP contribution >= 0.6 is 11.6 Å². The third kappa shape index (κ3) is 3.56. The van der Waals surface area contributed by atoms with E-state index in [1.807, 2.05) is 0 Å². The fourth-order valence-electron chi connectivity index (χ4n) is 2.10. The Morgan fingerprint density at radius 3 is 2.43 bits per heavy atom.